The molecular formula is C15H21N5O4. The van der Waals surface area contributed by atoms with Crippen molar-refractivity contribution in [1.29, 1.82) is 0 Å². The van der Waals surface area contributed by atoms with Crippen LogP contribution in [0, 0.1) is 0 Å². The third-order valence-electron chi connectivity index (χ3n) is 3.93. The predicted octanol–water partition coefficient (Wildman–Crippen LogP) is -0.184. The third kappa shape index (κ3) is 2.98. The highest BCUT2D eigenvalue weighted by Crippen LogP contribution is 2.31. The summed E-state index contributed by atoms with van der Waals surface area (Å²) in [6, 6.07) is 0. The number of nitrogens with zero attached hydrogens (tertiary/aromatic N) is 4. The van der Waals surface area contributed by atoms with Gasteiger partial charge in [-0.25, -0.2) is 15.0 Å². The van der Waals surface area contributed by atoms with Crippen molar-refractivity contribution in [3.05, 3.63) is 24.3 Å². The lowest BCUT2D eigenvalue weighted by Gasteiger charge is -2.16. The van der Waals surface area contributed by atoms with E-state index in [4.69, 9.17) is 4.74 Å². The molecule has 1 aliphatic heterocycles. The Labute approximate surface area is 138 Å². The first kappa shape index (κ1) is 16.8. The van der Waals surface area contributed by atoms with E-state index in [0.29, 0.717) is 23.5 Å². The molecule has 2 aromatic heterocycles. The van der Waals surface area contributed by atoms with Gasteiger partial charge in [0.2, 0.25) is 0 Å². The minimum absolute atomic E-state index is 0.383. The molecule has 4 N–H and O–H groups in total. The molecule has 4 atom stereocenters. The molecule has 2 aromatic rings. The van der Waals surface area contributed by atoms with Crippen molar-refractivity contribution < 1.29 is 20.1 Å². The van der Waals surface area contributed by atoms with E-state index in [1.165, 1.54) is 22.8 Å². The maximum absolute atomic E-state index is 10.2. The lowest BCUT2D eigenvalue weighted by atomic mass is 10.1. The number of aliphatic hydroxyl groups is 3. The Morgan fingerprint density at radius 3 is 2.75 bits per heavy atom. The Bertz CT molecular complexity index is 743. The van der Waals surface area contributed by atoms with Gasteiger partial charge in [-0.15, -0.1) is 0 Å². The van der Waals surface area contributed by atoms with Gasteiger partial charge in [-0.3, -0.25) is 4.57 Å². The maximum Gasteiger partial charge on any atom is 0.167 e. The van der Waals surface area contributed by atoms with Crippen molar-refractivity contribution in [2.75, 3.05) is 18.5 Å². The summed E-state index contributed by atoms with van der Waals surface area (Å²) in [5.41, 5.74) is 2.20. The largest absolute Gasteiger partial charge is 0.394 e. The van der Waals surface area contributed by atoms with Crippen LogP contribution >= 0.6 is 0 Å². The molecule has 1 saturated heterocycles. The number of aliphatic hydroxyl groups excluding tert-OH is 3. The molecule has 0 aliphatic carbocycles. The Kier molecular flexibility index (Phi) is 4.76. The second-order valence-electron chi connectivity index (χ2n) is 5.94. The van der Waals surface area contributed by atoms with E-state index in [2.05, 4.69) is 20.3 Å². The smallest absolute Gasteiger partial charge is 0.167 e. The number of hydrogen-bond donors (Lipinski definition) is 4. The average molecular weight is 335 g/mol. The van der Waals surface area contributed by atoms with Gasteiger partial charge in [0.1, 0.15) is 24.6 Å². The van der Waals surface area contributed by atoms with Crippen LogP contribution in [-0.2, 0) is 4.74 Å². The second kappa shape index (κ2) is 6.81. The molecule has 9 nitrogen and oxygen atoms in total. The summed E-state index contributed by atoms with van der Waals surface area (Å²) in [6.07, 6.45) is 0.823. The monoisotopic (exact) mass is 335 g/mol. The fraction of sp³-hybridized carbons (Fsp3) is 0.533. The predicted molar refractivity (Wildman–Crippen MR) is 86.3 cm³/mol. The average Bonchev–Trinajstić information content (AvgIpc) is 3.10. The standard InChI is InChI=1S/C15H21N5O4/c1-8(2)3-4-16-13-10-14(18-6-17-13)20(7-19-10)15-12(23)11(22)9(5-21)24-15/h3,6-7,9,11-12,15,21-23H,4-5H2,1-2H3,(H,16,17,18)/t9?,11?,12?,15-/m1/s1. The van der Waals surface area contributed by atoms with Crippen LogP contribution in [0.5, 0.6) is 0 Å². The highest BCUT2D eigenvalue weighted by molar-refractivity contribution is 5.82. The van der Waals surface area contributed by atoms with Gasteiger partial charge in [0.05, 0.1) is 12.9 Å². The normalized spacial score (nSPS) is 26.7. The fourth-order valence-electron chi connectivity index (χ4n) is 2.63. The highest BCUT2D eigenvalue weighted by Gasteiger charge is 2.43. The first-order valence-corrected chi connectivity index (χ1v) is 7.70. The van der Waals surface area contributed by atoms with E-state index >= 15 is 0 Å². The summed E-state index contributed by atoms with van der Waals surface area (Å²) >= 11 is 0. The van der Waals surface area contributed by atoms with Crippen LogP contribution in [0.4, 0.5) is 5.82 Å². The first-order valence-electron chi connectivity index (χ1n) is 7.70. The molecule has 0 spiro atoms. The third-order valence-corrected chi connectivity index (χ3v) is 3.93. The summed E-state index contributed by atoms with van der Waals surface area (Å²) in [7, 11) is 0. The minimum atomic E-state index is -1.18. The Morgan fingerprint density at radius 1 is 1.29 bits per heavy atom. The van der Waals surface area contributed by atoms with Crippen molar-refractivity contribution in [3.63, 3.8) is 0 Å². The van der Waals surface area contributed by atoms with Gasteiger partial charge in [0.25, 0.3) is 0 Å². The molecule has 0 saturated carbocycles. The summed E-state index contributed by atoms with van der Waals surface area (Å²) in [6.45, 7) is 4.24. The maximum atomic E-state index is 10.2. The van der Waals surface area contributed by atoms with Crippen LogP contribution in [0.15, 0.2) is 24.3 Å². The Morgan fingerprint density at radius 2 is 2.08 bits per heavy atom. The summed E-state index contributed by atoms with van der Waals surface area (Å²) in [5.74, 6) is 0.572. The number of nitrogens with one attached hydrogen (secondary N) is 1. The molecular weight excluding hydrogens is 314 g/mol. The van der Waals surface area contributed by atoms with Crippen LogP contribution in [0.3, 0.4) is 0 Å². The van der Waals surface area contributed by atoms with Gasteiger partial charge in [0.15, 0.2) is 23.2 Å². The molecule has 3 heterocycles. The number of anilines is 1. The summed E-state index contributed by atoms with van der Waals surface area (Å²) in [4.78, 5) is 12.7. The Balaban J connectivity index is 1.90. The molecule has 0 bridgehead atoms. The Hall–Kier alpha value is -2.07. The van der Waals surface area contributed by atoms with Gasteiger partial charge in [0, 0.05) is 6.54 Å². The zero-order chi connectivity index (χ0) is 17.3. The molecule has 24 heavy (non-hydrogen) atoms. The lowest BCUT2D eigenvalue weighted by Crippen LogP contribution is -2.33. The summed E-state index contributed by atoms with van der Waals surface area (Å²) in [5, 5.41) is 32.4. The molecule has 0 aromatic carbocycles. The van der Waals surface area contributed by atoms with E-state index in [-0.39, 0.29) is 6.61 Å². The van der Waals surface area contributed by atoms with Gasteiger partial charge in [-0.05, 0) is 13.8 Å². The number of aromatic nitrogens is 4. The number of allylic oxidation sites excluding steroid dienone is 1. The molecule has 0 amide bonds. The van der Waals surface area contributed by atoms with E-state index in [1.807, 2.05) is 19.9 Å². The number of rotatable bonds is 5. The second-order valence-corrected chi connectivity index (χ2v) is 5.94. The van der Waals surface area contributed by atoms with E-state index in [0.717, 1.165) is 0 Å². The van der Waals surface area contributed by atoms with Crippen LogP contribution in [-0.4, -0.2) is 66.3 Å². The molecule has 3 unspecified atom stereocenters. The van der Waals surface area contributed by atoms with Crippen LogP contribution in [0.2, 0.25) is 0 Å². The highest BCUT2D eigenvalue weighted by atomic mass is 16.6. The van der Waals surface area contributed by atoms with Gasteiger partial charge >= 0.3 is 0 Å². The van der Waals surface area contributed by atoms with Crippen LogP contribution < -0.4 is 5.32 Å². The minimum Gasteiger partial charge on any atom is -0.394 e. The first-order chi connectivity index (χ1) is 11.5. The van der Waals surface area contributed by atoms with E-state index in [9.17, 15) is 15.3 Å². The number of ether oxygens (including phenoxy) is 1. The van der Waals surface area contributed by atoms with Gasteiger partial charge < -0.3 is 25.4 Å². The molecule has 3 rings (SSSR count). The fourth-order valence-corrected chi connectivity index (χ4v) is 2.63. The van der Waals surface area contributed by atoms with Crippen molar-refractivity contribution in [1.82, 2.24) is 19.5 Å². The molecule has 1 fully saturated rings. The van der Waals surface area contributed by atoms with Gasteiger partial charge in [-0.1, -0.05) is 11.6 Å². The van der Waals surface area contributed by atoms with Crippen molar-refractivity contribution in [2.45, 2.75) is 38.4 Å². The SMILES string of the molecule is CC(C)=CCNc1ncnc2c1ncn2[C@@H]1OC(CO)C(O)C1O. The zero-order valence-corrected chi connectivity index (χ0v) is 13.5. The quantitative estimate of drug-likeness (QED) is 0.554. The van der Waals surface area contributed by atoms with E-state index < -0.39 is 24.5 Å². The topological polar surface area (TPSA) is 126 Å². The molecule has 1 aliphatic rings. The van der Waals surface area contributed by atoms with Crippen molar-refractivity contribution >= 4 is 17.0 Å². The molecule has 9 heteroatoms. The van der Waals surface area contributed by atoms with Crippen molar-refractivity contribution in [3.8, 4) is 0 Å². The van der Waals surface area contributed by atoms with Crippen LogP contribution in [0.25, 0.3) is 11.2 Å². The molecule has 130 valence electrons. The lowest BCUT2D eigenvalue weighted by molar-refractivity contribution is -0.0511. The number of imidazole rings is 1. The van der Waals surface area contributed by atoms with Crippen molar-refractivity contribution in [2.24, 2.45) is 0 Å². The summed E-state index contributed by atoms with van der Waals surface area (Å²) < 4.78 is 7.06. The van der Waals surface area contributed by atoms with E-state index in [1.54, 1.807) is 0 Å². The number of hydrogen-bond acceptors (Lipinski definition) is 8. The van der Waals surface area contributed by atoms with Gasteiger partial charge in [-0.2, -0.15) is 0 Å². The zero-order valence-electron chi connectivity index (χ0n) is 13.5. The molecule has 0 radical (unpaired) electrons. The number of fused-ring (bicyclic) bond motifs is 1. The van der Waals surface area contributed by atoms with Crippen LogP contribution in [0.1, 0.15) is 20.1 Å².